The lowest BCUT2D eigenvalue weighted by Crippen LogP contribution is -2.49. The van der Waals surface area contributed by atoms with E-state index in [1.165, 1.54) is 66.9 Å². The lowest BCUT2D eigenvalue weighted by Gasteiger charge is -2.31. The number of allylic oxidation sites excluding steroid dienone is 1. The Labute approximate surface area is 367 Å². The fourth-order valence-electron chi connectivity index (χ4n) is 11.0. The van der Waals surface area contributed by atoms with Gasteiger partial charge in [0.05, 0.1) is 17.2 Å². The van der Waals surface area contributed by atoms with Gasteiger partial charge in [0, 0.05) is 58.0 Å². The van der Waals surface area contributed by atoms with Crippen LogP contribution >= 0.6 is 0 Å². The highest BCUT2D eigenvalue weighted by Gasteiger charge is 2.43. The maximum absolute atomic E-state index is 7.19. The Morgan fingerprint density at radius 3 is 2.26 bits per heavy atom. The number of nitrogens with zero attached hydrogens (tertiary/aromatic N) is 3. The third-order valence-electron chi connectivity index (χ3n) is 13.9. The first-order valence-electron chi connectivity index (χ1n) is 22.7. The van der Waals surface area contributed by atoms with Crippen LogP contribution in [-0.2, 0) is 11.8 Å². The zero-order valence-electron chi connectivity index (χ0n) is 37.9. The molecule has 4 nitrogen and oxygen atoms in total. The molecule has 310 valence electrons. The first kappa shape index (κ1) is 40.0. The van der Waals surface area contributed by atoms with Crippen LogP contribution in [0.2, 0.25) is 0 Å². The minimum atomic E-state index is -0.0516. The van der Waals surface area contributed by atoms with Gasteiger partial charge in [0.25, 0.3) is 0 Å². The second kappa shape index (κ2) is 15.0. The Bertz CT molecular complexity index is 3090. The van der Waals surface area contributed by atoms with Gasteiger partial charge in [-0.1, -0.05) is 121 Å². The van der Waals surface area contributed by atoms with E-state index in [2.05, 4.69) is 193 Å². The molecule has 0 saturated carbocycles. The molecule has 6 heterocycles. The number of hydrogen-bond acceptors (Lipinski definition) is 2. The summed E-state index contributed by atoms with van der Waals surface area (Å²) in [7, 11) is 0. The van der Waals surface area contributed by atoms with Crippen LogP contribution in [0.25, 0.3) is 72.7 Å². The van der Waals surface area contributed by atoms with E-state index in [9.17, 15) is 0 Å². The second-order valence-electron chi connectivity index (χ2n) is 19.7. The van der Waals surface area contributed by atoms with Crippen molar-refractivity contribution in [2.24, 2.45) is 0 Å². The number of aryl methyl sites for hydroxylation is 3. The van der Waals surface area contributed by atoms with Crippen molar-refractivity contribution in [2.45, 2.75) is 111 Å². The quantitative estimate of drug-likeness (QED) is 0.166. The van der Waals surface area contributed by atoms with Gasteiger partial charge < -0.3 is 4.42 Å². The topological polar surface area (TPSA) is 33.8 Å². The summed E-state index contributed by atoms with van der Waals surface area (Å²) >= 11 is 0. The molecule has 2 unspecified atom stereocenters. The van der Waals surface area contributed by atoms with Crippen molar-refractivity contribution < 1.29 is 13.6 Å². The van der Waals surface area contributed by atoms with E-state index in [-0.39, 0.29) is 23.3 Å². The number of benzene rings is 4. The van der Waals surface area contributed by atoms with Crippen molar-refractivity contribution in [3.05, 3.63) is 167 Å². The van der Waals surface area contributed by atoms with E-state index in [1.807, 2.05) is 0 Å². The summed E-state index contributed by atoms with van der Waals surface area (Å²) in [4.78, 5) is 5.48. The fraction of sp³-hybridized carbons (Fsp3) is 0.293. The molecule has 4 aromatic heterocycles. The summed E-state index contributed by atoms with van der Waals surface area (Å²) < 4.78 is 12.2. The number of pyridine rings is 3. The molecule has 4 aromatic carbocycles. The fourth-order valence-corrected chi connectivity index (χ4v) is 11.0. The van der Waals surface area contributed by atoms with Crippen LogP contribution in [0.5, 0.6) is 0 Å². The maximum Gasteiger partial charge on any atom is 0.227 e. The molecule has 0 aliphatic carbocycles. The van der Waals surface area contributed by atoms with Crippen molar-refractivity contribution in [3.8, 4) is 44.9 Å². The van der Waals surface area contributed by atoms with E-state index >= 15 is 0 Å². The molecule has 0 amide bonds. The summed E-state index contributed by atoms with van der Waals surface area (Å²) in [5, 5.41) is 2.13. The molecule has 62 heavy (non-hydrogen) atoms. The predicted octanol–water partition coefficient (Wildman–Crippen LogP) is 14.5. The molecule has 2 aliphatic heterocycles. The Hall–Kier alpha value is -6.13. The van der Waals surface area contributed by atoms with Gasteiger partial charge in [0.15, 0.2) is 29.7 Å². The normalized spacial score (nSPS) is 16.3. The number of rotatable bonds is 4. The van der Waals surface area contributed by atoms with Crippen molar-refractivity contribution in [1.82, 2.24) is 4.98 Å². The Morgan fingerprint density at radius 1 is 0.742 bits per heavy atom. The van der Waals surface area contributed by atoms with Crippen molar-refractivity contribution in [1.29, 1.82) is 0 Å². The zero-order chi connectivity index (χ0) is 43.2. The summed E-state index contributed by atoms with van der Waals surface area (Å²) in [6.45, 7) is 25.6. The Kier molecular flexibility index (Phi) is 9.70. The van der Waals surface area contributed by atoms with Crippen molar-refractivity contribution in [3.63, 3.8) is 0 Å². The number of aromatic nitrogens is 3. The van der Waals surface area contributed by atoms with Crippen LogP contribution < -0.4 is 9.13 Å². The smallest absolute Gasteiger partial charge is 0.227 e. The molecule has 0 fully saturated rings. The summed E-state index contributed by atoms with van der Waals surface area (Å²) in [6, 6.07) is 40.8. The summed E-state index contributed by atoms with van der Waals surface area (Å²) in [5.41, 5.74) is 21.4. The summed E-state index contributed by atoms with van der Waals surface area (Å²) in [6.07, 6.45) is 7.48. The highest BCUT2D eigenvalue weighted by Crippen LogP contribution is 2.47. The van der Waals surface area contributed by atoms with Crippen molar-refractivity contribution >= 4 is 27.8 Å². The average molecular weight is 814 g/mol. The van der Waals surface area contributed by atoms with Gasteiger partial charge in [-0.15, -0.1) is 0 Å². The van der Waals surface area contributed by atoms with E-state index in [4.69, 9.17) is 16.0 Å². The molecule has 10 rings (SSSR count). The monoisotopic (exact) mass is 813 g/mol. The first-order valence-corrected chi connectivity index (χ1v) is 22.7. The van der Waals surface area contributed by atoms with E-state index in [1.54, 1.807) is 0 Å². The third-order valence-corrected chi connectivity index (χ3v) is 13.9. The van der Waals surface area contributed by atoms with Crippen molar-refractivity contribution in [2.75, 3.05) is 0 Å². The van der Waals surface area contributed by atoms with Gasteiger partial charge in [-0.05, 0) is 107 Å². The highest BCUT2D eigenvalue weighted by molar-refractivity contribution is 6.09. The predicted molar refractivity (Wildman–Crippen MR) is 256 cm³/mol. The van der Waals surface area contributed by atoms with Crippen LogP contribution in [0.4, 0.5) is 0 Å². The van der Waals surface area contributed by atoms with Gasteiger partial charge in [-0.25, -0.2) is 4.98 Å². The lowest BCUT2D eigenvalue weighted by molar-refractivity contribution is -0.719. The zero-order valence-corrected chi connectivity index (χ0v) is 37.9. The number of fused-ring (bicyclic) bond motifs is 13. The van der Waals surface area contributed by atoms with E-state index in [0.29, 0.717) is 11.6 Å². The number of hydrogen-bond donors (Lipinski definition) is 0. The molecule has 0 spiro atoms. The third kappa shape index (κ3) is 6.53. The molecule has 0 radical (unpaired) electrons. The maximum atomic E-state index is 7.19. The minimum absolute atomic E-state index is 0.0516. The minimum Gasteiger partial charge on any atom is -0.437 e. The summed E-state index contributed by atoms with van der Waals surface area (Å²) in [5.74, 6) is 0.875. The lowest BCUT2D eigenvalue weighted by atomic mass is 9.77. The van der Waals surface area contributed by atoms with E-state index < -0.39 is 0 Å². The van der Waals surface area contributed by atoms with Crippen LogP contribution in [0.3, 0.4) is 0 Å². The SMILES string of the molecule is C=C1CC2c3ccccc3-c3ccc(C)c[n+]3C2CCc2ccc3c(oc4nc(-c5c(C(C)C)ccc(-c6ccccc6)c5C(C)C)ccc43)c2-c2cc(C)c(C(C)(C)C)c[n+]21. The van der Waals surface area contributed by atoms with Gasteiger partial charge in [-0.2, -0.15) is 9.13 Å². The first-order chi connectivity index (χ1) is 29.8. The second-order valence-corrected chi connectivity index (χ2v) is 19.7. The largest absolute Gasteiger partial charge is 0.437 e. The molecule has 8 aromatic rings. The van der Waals surface area contributed by atoms with Crippen LogP contribution in [0.15, 0.2) is 133 Å². The van der Waals surface area contributed by atoms with Gasteiger partial charge in [-0.3, -0.25) is 0 Å². The average Bonchev–Trinajstić information content (AvgIpc) is 3.62. The Balaban J connectivity index is 1.21. The number of furan rings is 1. The van der Waals surface area contributed by atoms with Crippen LogP contribution in [-0.4, -0.2) is 4.98 Å². The molecule has 0 saturated heterocycles. The van der Waals surface area contributed by atoms with Gasteiger partial charge in [0.1, 0.15) is 0 Å². The Morgan fingerprint density at radius 2 is 1.50 bits per heavy atom. The molecule has 0 bridgehead atoms. The molecule has 2 aliphatic rings. The molecule has 0 N–H and O–H groups in total. The van der Waals surface area contributed by atoms with Crippen LogP contribution in [0.1, 0.15) is 124 Å². The van der Waals surface area contributed by atoms with Gasteiger partial charge >= 0.3 is 0 Å². The molecular weight excluding hydrogens is 755 g/mol. The van der Waals surface area contributed by atoms with Gasteiger partial charge in [0.2, 0.25) is 17.1 Å². The highest BCUT2D eigenvalue weighted by atomic mass is 16.3. The molecular formula is C58H59N3O+2. The molecule has 2 atom stereocenters. The van der Waals surface area contributed by atoms with Crippen LogP contribution in [0, 0.1) is 13.8 Å². The molecule has 4 heteroatoms. The standard InChI is InChI=1S/C58H59N3O/c1-34(2)41-24-25-42(39-16-12-11-13-17-39)53(35(3)4)55(41)49-27-26-46-45-23-21-40-22-29-51-47(43-18-14-15-19-44(43)50-28-20-36(5)32-61(50)51)31-38(7)60-33-48(58(8,9)10)37(6)30-52(60)54(40)56(45)62-57(46)59-49/h11-21,23-28,30,32-35,47,51H,7,22,29,31H2,1-6,8-10H3/q+2. The van der Waals surface area contributed by atoms with E-state index in [0.717, 1.165) is 58.3 Å².